The number of methoxy groups -OCH3 is 1. The van der Waals surface area contributed by atoms with Crippen LogP contribution in [0.25, 0.3) is 22.0 Å². The Bertz CT molecular complexity index is 1120. The summed E-state index contributed by atoms with van der Waals surface area (Å²) in [4.78, 5) is 21.4. The summed E-state index contributed by atoms with van der Waals surface area (Å²) in [5.74, 6) is 2.54. The van der Waals surface area contributed by atoms with Crippen molar-refractivity contribution in [2.24, 2.45) is 0 Å². The summed E-state index contributed by atoms with van der Waals surface area (Å²) >= 11 is 0. The molecule has 0 unspecified atom stereocenters. The summed E-state index contributed by atoms with van der Waals surface area (Å²) in [6.45, 7) is 6.22. The third kappa shape index (κ3) is 4.93. The molecule has 4 heterocycles. The average Bonchev–Trinajstić information content (AvgIpc) is 3.09. The van der Waals surface area contributed by atoms with Crippen LogP contribution in [-0.4, -0.2) is 91.3 Å². The number of nitrogens with zero attached hydrogens (tertiary/aromatic N) is 6. The molecule has 1 N–H and O–H groups in total. The maximum Gasteiger partial charge on any atom is 0.227 e. The molecule has 2 aliphatic heterocycles. The van der Waals surface area contributed by atoms with Crippen LogP contribution in [0.3, 0.4) is 0 Å². The van der Waals surface area contributed by atoms with Crippen LogP contribution >= 0.6 is 0 Å². The standard InChI is InChI=1S/C26H35N7O/c1-31-11-4-12-33(16-15-31)26-29-23-17-21(19-5-9-27-10-6-19)24(34-3)18-22(23)25(30-26)28-20-7-13-32(2)14-8-20/h5-6,9-10,17-18,20H,4,7-8,11-16H2,1-3H3,(H,28,29,30). The van der Waals surface area contributed by atoms with E-state index in [0.29, 0.717) is 6.04 Å². The Morgan fingerprint density at radius 1 is 0.912 bits per heavy atom. The van der Waals surface area contributed by atoms with Crippen molar-refractivity contribution in [1.82, 2.24) is 24.8 Å². The van der Waals surface area contributed by atoms with Gasteiger partial charge in [-0.25, -0.2) is 4.98 Å². The van der Waals surface area contributed by atoms with Crippen LogP contribution < -0.4 is 15.0 Å². The molecule has 2 saturated heterocycles. The number of fused-ring (bicyclic) bond motifs is 1. The van der Waals surface area contributed by atoms with Crippen molar-refractivity contribution in [3.05, 3.63) is 36.7 Å². The van der Waals surface area contributed by atoms with Gasteiger partial charge in [-0.2, -0.15) is 4.98 Å². The molecule has 5 rings (SSSR count). The molecule has 0 atom stereocenters. The summed E-state index contributed by atoms with van der Waals surface area (Å²) in [6, 6.07) is 8.64. The second-order valence-corrected chi connectivity index (χ2v) is 9.54. The molecule has 34 heavy (non-hydrogen) atoms. The molecule has 2 fully saturated rings. The van der Waals surface area contributed by atoms with Gasteiger partial charge in [-0.05, 0) is 82.8 Å². The van der Waals surface area contributed by atoms with Crippen LogP contribution in [0.15, 0.2) is 36.7 Å². The molecule has 0 saturated carbocycles. The molecule has 0 radical (unpaired) electrons. The van der Waals surface area contributed by atoms with Gasteiger partial charge in [-0.1, -0.05) is 0 Å². The van der Waals surface area contributed by atoms with Crippen molar-refractivity contribution in [3.63, 3.8) is 0 Å². The molecule has 0 spiro atoms. The van der Waals surface area contributed by atoms with Crippen LogP contribution in [-0.2, 0) is 0 Å². The highest BCUT2D eigenvalue weighted by Crippen LogP contribution is 2.36. The third-order valence-corrected chi connectivity index (χ3v) is 7.06. The van der Waals surface area contributed by atoms with Crippen molar-refractivity contribution in [1.29, 1.82) is 0 Å². The van der Waals surface area contributed by atoms with Gasteiger partial charge in [-0.3, -0.25) is 4.98 Å². The summed E-state index contributed by atoms with van der Waals surface area (Å²) in [6.07, 6.45) is 6.95. The van der Waals surface area contributed by atoms with Crippen molar-refractivity contribution in [2.75, 3.05) is 70.7 Å². The van der Waals surface area contributed by atoms with Crippen LogP contribution in [0, 0.1) is 0 Å². The molecule has 0 aliphatic carbocycles. The van der Waals surface area contributed by atoms with Crippen LogP contribution in [0.2, 0.25) is 0 Å². The predicted molar refractivity (Wildman–Crippen MR) is 138 cm³/mol. The van der Waals surface area contributed by atoms with E-state index in [4.69, 9.17) is 14.7 Å². The van der Waals surface area contributed by atoms with Gasteiger partial charge in [0, 0.05) is 49.0 Å². The van der Waals surface area contributed by atoms with E-state index in [1.54, 1.807) is 7.11 Å². The lowest BCUT2D eigenvalue weighted by atomic mass is 10.0. The van der Waals surface area contributed by atoms with Crippen molar-refractivity contribution in [2.45, 2.75) is 25.3 Å². The largest absolute Gasteiger partial charge is 0.496 e. The summed E-state index contributed by atoms with van der Waals surface area (Å²) < 4.78 is 5.82. The lowest BCUT2D eigenvalue weighted by Gasteiger charge is -2.30. The van der Waals surface area contributed by atoms with Crippen molar-refractivity contribution >= 4 is 22.7 Å². The molecular weight excluding hydrogens is 426 g/mol. The molecule has 1 aromatic carbocycles. The monoisotopic (exact) mass is 461 g/mol. The minimum Gasteiger partial charge on any atom is -0.496 e. The lowest BCUT2D eigenvalue weighted by molar-refractivity contribution is 0.264. The number of anilines is 2. The topological polar surface area (TPSA) is 69.7 Å². The van der Waals surface area contributed by atoms with Gasteiger partial charge < -0.3 is 24.8 Å². The second-order valence-electron chi connectivity index (χ2n) is 9.54. The maximum atomic E-state index is 5.82. The van der Waals surface area contributed by atoms with E-state index in [1.807, 2.05) is 24.5 Å². The Balaban J connectivity index is 1.59. The highest BCUT2D eigenvalue weighted by atomic mass is 16.5. The van der Waals surface area contributed by atoms with E-state index in [2.05, 4.69) is 51.2 Å². The Kier molecular flexibility index (Phi) is 6.78. The fraction of sp³-hybridized carbons (Fsp3) is 0.500. The first-order valence-corrected chi connectivity index (χ1v) is 12.3. The SMILES string of the molecule is COc1cc2c(NC3CCN(C)CC3)nc(N3CCCN(C)CC3)nc2cc1-c1ccncc1. The molecule has 8 heteroatoms. The van der Waals surface area contributed by atoms with Gasteiger partial charge in [0.2, 0.25) is 5.95 Å². The summed E-state index contributed by atoms with van der Waals surface area (Å²) in [7, 11) is 6.10. The Hall–Kier alpha value is -2.97. The van der Waals surface area contributed by atoms with Gasteiger partial charge in [0.15, 0.2) is 0 Å². The number of pyridine rings is 1. The predicted octanol–water partition coefficient (Wildman–Crippen LogP) is 3.35. The molecule has 2 aromatic heterocycles. The number of likely N-dealkylation sites (tertiary alicyclic amines) is 1. The fourth-order valence-corrected chi connectivity index (χ4v) is 4.91. The minimum absolute atomic E-state index is 0.406. The van der Waals surface area contributed by atoms with Crippen LogP contribution in [0.4, 0.5) is 11.8 Å². The summed E-state index contributed by atoms with van der Waals surface area (Å²) in [5.41, 5.74) is 3.02. The number of piperidine rings is 1. The number of aromatic nitrogens is 3. The number of hydrogen-bond acceptors (Lipinski definition) is 8. The molecule has 0 amide bonds. The highest BCUT2D eigenvalue weighted by Gasteiger charge is 2.22. The van der Waals surface area contributed by atoms with Gasteiger partial charge in [-0.15, -0.1) is 0 Å². The normalized spacial score (nSPS) is 18.7. The maximum absolute atomic E-state index is 5.82. The molecule has 2 aliphatic rings. The van der Waals surface area contributed by atoms with Gasteiger partial charge >= 0.3 is 0 Å². The molecule has 180 valence electrons. The summed E-state index contributed by atoms with van der Waals surface area (Å²) in [5, 5.41) is 4.78. The van der Waals surface area contributed by atoms with Gasteiger partial charge in [0.25, 0.3) is 0 Å². The number of ether oxygens (including phenoxy) is 1. The Morgan fingerprint density at radius 2 is 1.68 bits per heavy atom. The highest BCUT2D eigenvalue weighted by molar-refractivity contribution is 5.95. The van der Waals surface area contributed by atoms with E-state index in [-0.39, 0.29) is 0 Å². The van der Waals surface area contributed by atoms with E-state index >= 15 is 0 Å². The molecule has 0 bridgehead atoms. The Morgan fingerprint density at radius 3 is 2.44 bits per heavy atom. The minimum atomic E-state index is 0.406. The number of benzene rings is 1. The van der Waals surface area contributed by atoms with Gasteiger partial charge in [0.1, 0.15) is 11.6 Å². The molecular formula is C26H35N7O. The number of nitrogens with one attached hydrogen (secondary N) is 1. The number of rotatable bonds is 5. The van der Waals surface area contributed by atoms with Crippen LogP contribution in [0.1, 0.15) is 19.3 Å². The van der Waals surface area contributed by atoms with Crippen molar-refractivity contribution in [3.8, 4) is 16.9 Å². The van der Waals surface area contributed by atoms with E-state index in [9.17, 15) is 0 Å². The van der Waals surface area contributed by atoms with Gasteiger partial charge in [0.05, 0.1) is 12.6 Å². The van der Waals surface area contributed by atoms with Crippen LogP contribution in [0.5, 0.6) is 5.75 Å². The first kappa shape index (κ1) is 22.8. The zero-order valence-electron chi connectivity index (χ0n) is 20.5. The number of hydrogen-bond donors (Lipinski definition) is 1. The number of likely N-dealkylation sites (N-methyl/N-ethyl adjacent to an activating group) is 1. The average molecular weight is 462 g/mol. The lowest BCUT2D eigenvalue weighted by Crippen LogP contribution is -2.37. The zero-order valence-corrected chi connectivity index (χ0v) is 20.5. The van der Waals surface area contributed by atoms with E-state index < -0.39 is 0 Å². The first-order chi connectivity index (χ1) is 16.6. The second kappa shape index (κ2) is 10.1. The van der Waals surface area contributed by atoms with E-state index in [0.717, 1.165) is 98.1 Å². The Labute approximate surface area is 202 Å². The molecule has 3 aromatic rings. The third-order valence-electron chi connectivity index (χ3n) is 7.06. The van der Waals surface area contributed by atoms with E-state index in [1.165, 1.54) is 0 Å². The fourth-order valence-electron chi connectivity index (χ4n) is 4.91. The first-order valence-electron chi connectivity index (χ1n) is 12.3. The smallest absolute Gasteiger partial charge is 0.227 e. The quantitative estimate of drug-likeness (QED) is 0.620. The zero-order chi connectivity index (χ0) is 23.5. The molecule has 8 nitrogen and oxygen atoms in total. The van der Waals surface area contributed by atoms with Crippen molar-refractivity contribution < 1.29 is 4.74 Å².